The van der Waals surface area contributed by atoms with Gasteiger partial charge in [-0.25, -0.2) is 12.8 Å². The molecular formula is C16H17ClFNO4S. The zero-order valence-electron chi connectivity index (χ0n) is 13.2. The van der Waals surface area contributed by atoms with Crippen LogP contribution in [0.5, 0.6) is 11.5 Å². The molecule has 2 aromatic carbocycles. The zero-order valence-corrected chi connectivity index (χ0v) is 14.7. The van der Waals surface area contributed by atoms with Crippen molar-refractivity contribution in [3.8, 4) is 11.5 Å². The molecule has 0 aliphatic heterocycles. The summed E-state index contributed by atoms with van der Waals surface area (Å²) in [5, 5.41) is -0.272. The Morgan fingerprint density at radius 1 is 1.08 bits per heavy atom. The van der Waals surface area contributed by atoms with Crippen LogP contribution in [0.2, 0.25) is 5.02 Å². The lowest BCUT2D eigenvalue weighted by molar-refractivity contribution is 0.332. The highest BCUT2D eigenvalue weighted by atomic mass is 35.5. The molecule has 0 aromatic heterocycles. The molecule has 2 rings (SSSR count). The van der Waals surface area contributed by atoms with Crippen LogP contribution in [0, 0.1) is 5.82 Å². The maximum Gasteiger partial charge on any atom is 0.262 e. The highest BCUT2D eigenvalue weighted by Crippen LogP contribution is 2.32. The van der Waals surface area contributed by atoms with E-state index in [0.717, 1.165) is 18.2 Å². The Balaban J connectivity index is 2.39. The predicted octanol–water partition coefficient (Wildman–Crippen LogP) is 4.08. The molecule has 0 heterocycles. The van der Waals surface area contributed by atoms with Crippen molar-refractivity contribution in [2.24, 2.45) is 0 Å². The molecule has 2 aromatic rings. The van der Waals surface area contributed by atoms with Gasteiger partial charge >= 0.3 is 0 Å². The fourth-order valence-corrected chi connectivity index (χ4v) is 3.31. The standard InChI is InChI=1S/C16H17ClFNO4S/c1-3-22-11-5-8-16(23-4-2)15(9-11)19-24(20,21)12-6-7-14(18)13(17)10-12/h5-10,19H,3-4H2,1-2H3. The summed E-state index contributed by atoms with van der Waals surface area (Å²) in [5.74, 6) is 0.164. The van der Waals surface area contributed by atoms with E-state index in [2.05, 4.69) is 4.72 Å². The number of nitrogens with one attached hydrogen (secondary N) is 1. The molecule has 0 atom stereocenters. The molecule has 8 heteroatoms. The van der Waals surface area contributed by atoms with Crippen LogP contribution in [0.3, 0.4) is 0 Å². The Hall–Kier alpha value is -1.99. The molecular weight excluding hydrogens is 357 g/mol. The minimum absolute atomic E-state index is 0.154. The maximum atomic E-state index is 13.2. The summed E-state index contributed by atoms with van der Waals surface area (Å²) in [6.45, 7) is 4.41. The van der Waals surface area contributed by atoms with Gasteiger partial charge in [0.1, 0.15) is 17.3 Å². The van der Waals surface area contributed by atoms with E-state index in [1.807, 2.05) is 6.92 Å². The molecule has 0 aliphatic carbocycles. The minimum Gasteiger partial charge on any atom is -0.494 e. The van der Waals surface area contributed by atoms with Gasteiger partial charge in [0.15, 0.2) is 0 Å². The number of hydrogen-bond acceptors (Lipinski definition) is 4. The molecule has 1 N–H and O–H groups in total. The van der Waals surface area contributed by atoms with Crippen LogP contribution in [0.15, 0.2) is 41.3 Å². The monoisotopic (exact) mass is 373 g/mol. The fourth-order valence-electron chi connectivity index (χ4n) is 1.97. The van der Waals surface area contributed by atoms with Gasteiger partial charge in [-0.1, -0.05) is 11.6 Å². The van der Waals surface area contributed by atoms with E-state index >= 15 is 0 Å². The van der Waals surface area contributed by atoms with Crippen LogP contribution in [0.1, 0.15) is 13.8 Å². The first-order valence-corrected chi connectivity index (χ1v) is 9.11. The van der Waals surface area contributed by atoms with Crippen LogP contribution in [0.4, 0.5) is 10.1 Å². The third-order valence-corrected chi connectivity index (χ3v) is 4.66. The molecule has 24 heavy (non-hydrogen) atoms. The van der Waals surface area contributed by atoms with Crippen molar-refractivity contribution in [2.75, 3.05) is 17.9 Å². The highest BCUT2D eigenvalue weighted by Gasteiger charge is 2.19. The van der Waals surface area contributed by atoms with Gasteiger partial charge < -0.3 is 9.47 Å². The molecule has 0 amide bonds. The third-order valence-electron chi connectivity index (χ3n) is 3.01. The van der Waals surface area contributed by atoms with Gasteiger partial charge in [-0.05, 0) is 44.2 Å². The molecule has 130 valence electrons. The summed E-state index contributed by atoms with van der Waals surface area (Å²) in [4.78, 5) is -0.154. The molecule has 0 spiro atoms. The molecule has 0 bridgehead atoms. The van der Waals surface area contributed by atoms with Crippen LogP contribution in [-0.2, 0) is 10.0 Å². The molecule has 0 unspecified atom stereocenters. The molecule has 0 aliphatic rings. The fraction of sp³-hybridized carbons (Fsp3) is 0.250. The number of halogens is 2. The quantitative estimate of drug-likeness (QED) is 0.794. The third kappa shape index (κ3) is 4.30. The van der Waals surface area contributed by atoms with E-state index in [9.17, 15) is 12.8 Å². The van der Waals surface area contributed by atoms with Crippen molar-refractivity contribution in [1.82, 2.24) is 0 Å². The van der Waals surface area contributed by atoms with Crippen molar-refractivity contribution < 1.29 is 22.3 Å². The van der Waals surface area contributed by atoms with Gasteiger partial charge in [-0.15, -0.1) is 0 Å². The first-order valence-electron chi connectivity index (χ1n) is 7.25. The van der Waals surface area contributed by atoms with E-state index in [0.29, 0.717) is 24.7 Å². The number of benzene rings is 2. The van der Waals surface area contributed by atoms with Gasteiger partial charge in [-0.2, -0.15) is 0 Å². The normalized spacial score (nSPS) is 11.2. The Morgan fingerprint density at radius 2 is 1.79 bits per heavy atom. The second kappa shape index (κ2) is 7.72. The summed E-state index contributed by atoms with van der Waals surface area (Å²) in [7, 11) is -3.96. The second-order valence-corrected chi connectivity index (χ2v) is 6.80. The summed E-state index contributed by atoms with van der Waals surface area (Å²) < 4.78 is 51.5. The van der Waals surface area contributed by atoms with E-state index in [1.165, 1.54) is 6.07 Å². The lowest BCUT2D eigenvalue weighted by atomic mass is 10.3. The second-order valence-electron chi connectivity index (χ2n) is 4.71. The first kappa shape index (κ1) is 18.4. The molecule has 0 saturated heterocycles. The topological polar surface area (TPSA) is 64.6 Å². The summed E-state index contributed by atoms with van der Waals surface area (Å²) in [5.41, 5.74) is 0.225. The van der Waals surface area contributed by atoms with Crippen LogP contribution in [-0.4, -0.2) is 21.6 Å². The van der Waals surface area contributed by atoms with Crippen molar-refractivity contribution in [1.29, 1.82) is 0 Å². The summed E-state index contributed by atoms with van der Waals surface area (Å²) in [6.07, 6.45) is 0. The molecule has 0 radical (unpaired) electrons. The molecule has 0 saturated carbocycles. The number of hydrogen-bond donors (Lipinski definition) is 1. The van der Waals surface area contributed by atoms with Gasteiger partial charge in [0.05, 0.1) is 28.8 Å². The van der Waals surface area contributed by atoms with Crippen molar-refractivity contribution in [3.05, 3.63) is 47.2 Å². The lowest BCUT2D eigenvalue weighted by Crippen LogP contribution is -2.14. The highest BCUT2D eigenvalue weighted by molar-refractivity contribution is 7.92. The van der Waals surface area contributed by atoms with Gasteiger partial charge in [0.25, 0.3) is 10.0 Å². The van der Waals surface area contributed by atoms with E-state index in [1.54, 1.807) is 19.1 Å². The van der Waals surface area contributed by atoms with E-state index in [4.69, 9.17) is 21.1 Å². The Bertz CT molecular complexity index is 827. The van der Waals surface area contributed by atoms with Crippen LogP contribution < -0.4 is 14.2 Å². The van der Waals surface area contributed by atoms with Gasteiger partial charge in [0.2, 0.25) is 0 Å². The summed E-state index contributed by atoms with van der Waals surface area (Å²) in [6, 6.07) is 8.00. The number of rotatable bonds is 7. The summed E-state index contributed by atoms with van der Waals surface area (Å²) >= 11 is 5.66. The Morgan fingerprint density at radius 3 is 2.42 bits per heavy atom. The maximum absolute atomic E-state index is 13.2. The lowest BCUT2D eigenvalue weighted by Gasteiger charge is -2.14. The van der Waals surface area contributed by atoms with Crippen molar-refractivity contribution in [2.45, 2.75) is 18.7 Å². The van der Waals surface area contributed by atoms with Crippen molar-refractivity contribution >= 4 is 27.3 Å². The van der Waals surface area contributed by atoms with Crippen LogP contribution >= 0.6 is 11.6 Å². The van der Waals surface area contributed by atoms with Crippen LogP contribution in [0.25, 0.3) is 0 Å². The van der Waals surface area contributed by atoms with Crippen molar-refractivity contribution in [3.63, 3.8) is 0 Å². The smallest absolute Gasteiger partial charge is 0.262 e. The number of ether oxygens (including phenoxy) is 2. The number of sulfonamides is 1. The Labute approximate surface area is 145 Å². The Kier molecular flexibility index (Phi) is 5.90. The average molecular weight is 374 g/mol. The SMILES string of the molecule is CCOc1ccc(OCC)c(NS(=O)(=O)c2ccc(F)c(Cl)c2)c1. The van der Waals surface area contributed by atoms with Gasteiger partial charge in [0, 0.05) is 6.07 Å². The molecule has 5 nitrogen and oxygen atoms in total. The predicted molar refractivity (Wildman–Crippen MR) is 91.0 cm³/mol. The van der Waals surface area contributed by atoms with Gasteiger partial charge in [-0.3, -0.25) is 4.72 Å². The average Bonchev–Trinajstić information content (AvgIpc) is 2.52. The largest absolute Gasteiger partial charge is 0.494 e. The zero-order chi connectivity index (χ0) is 17.7. The molecule has 0 fully saturated rings. The first-order chi connectivity index (χ1) is 11.4. The minimum atomic E-state index is -3.96. The van der Waals surface area contributed by atoms with E-state index < -0.39 is 15.8 Å². The van der Waals surface area contributed by atoms with E-state index in [-0.39, 0.29) is 15.6 Å². The number of anilines is 1.